The molecule has 1 saturated heterocycles. The van der Waals surface area contributed by atoms with Gasteiger partial charge in [-0.3, -0.25) is 4.90 Å². The first-order chi connectivity index (χ1) is 9.31. The maximum absolute atomic E-state index is 5.38. The summed E-state index contributed by atoms with van der Waals surface area (Å²) in [6.45, 7) is 6.30. The molecule has 102 valence electrons. The van der Waals surface area contributed by atoms with Crippen LogP contribution >= 0.6 is 0 Å². The van der Waals surface area contributed by atoms with Crippen LogP contribution in [0.1, 0.15) is 37.3 Å². The first-order valence-electron chi connectivity index (χ1n) is 7.32. The Balaban J connectivity index is 1.92. The first kappa shape index (κ1) is 14.1. The van der Waals surface area contributed by atoms with Gasteiger partial charge in [0.1, 0.15) is 0 Å². The molecular formula is C17H24N2. The van der Waals surface area contributed by atoms with Crippen LogP contribution in [0, 0.1) is 17.8 Å². The Bertz CT molecular complexity index is 439. The van der Waals surface area contributed by atoms with Gasteiger partial charge in [-0.15, -0.1) is 0 Å². The number of benzene rings is 1. The standard InChI is InChI=1S/C17H24N2/c1-2-15-6-4-12-19(13-15)14-17-9-7-16(8-10-17)5-3-11-18/h7-10,15H,2,4,6,11-14,18H2,1H3. The fourth-order valence-electron chi connectivity index (χ4n) is 2.73. The molecule has 2 rings (SSSR count). The summed E-state index contributed by atoms with van der Waals surface area (Å²) in [6.07, 6.45) is 4.06. The lowest BCUT2D eigenvalue weighted by Gasteiger charge is -2.32. The smallest absolute Gasteiger partial charge is 0.0555 e. The molecule has 0 amide bonds. The van der Waals surface area contributed by atoms with Crippen LogP contribution in [0.2, 0.25) is 0 Å². The van der Waals surface area contributed by atoms with E-state index in [9.17, 15) is 0 Å². The van der Waals surface area contributed by atoms with E-state index in [1.165, 1.54) is 37.9 Å². The molecule has 0 radical (unpaired) electrons. The van der Waals surface area contributed by atoms with Gasteiger partial charge in [0.2, 0.25) is 0 Å². The number of piperidine rings is 1. The van der Waals surface area contributed by atoms with Crippen molar-refractivity contribution < 1.29 is 0 Å². The van der Waals surface area contributed by atoms with Gasteiger partial charge < -0.3 is 5.73 Å². The van der Waals surface area contributed by atoms with E-state index in [0.29, 0.717) is 6.54 Å². The molecule has 1 aromatic rings. The fourth-order valence-corrected chi connectivity index (χ4v) is 2.73. The largest absolute Gasteiger partial charge is 0.320 e. The van der Waals surface area contributed by atoms with Crippen molar-refractivity contribution in [2.45, 2.75) is 32.7 Å². The Hall–Kier alpha value is -1.30. The van der Waals surface area contributed by atoms with E-state index >= 15 is 0 Å². The highest BCUT2D eigenvalue weighted by atomic mass is 15.1. The molecule has 1 aliphatic rings. The van der Waals surface area contributed by atoms with E-state index in [-0.39, 0.29) is 0 Å². The minimum absolute atomic E-state index is 0.425. The van der Waals surface area contributed by atoms with Gasteiger partial charge in [0.15, 0.2) is 0 Å². The lowest BCUT2D eigenvalue weighted by atomic mass is 9.95. The minimum atomic E-state index is 0.425. The molecule has 0 aromatic heterocycles. The van der Waals surface area contributed by atoms with Gasteiger partial charge in [0, 0.05) is 18.7 Å². The normalized spacial score (nSPS) is 19.8. The molecule has 1 atom stereocenters. The van der Waals surface area contributed by atoms with E-state index < -0.39 is 0 Å². The lowest BCUT2D eigenvalue weighted by Crippen LogP contribution is -2.34. The summed E-state index contributed by atoms with van der Waals surface area (Å²) in [7, 11) is 0. The lowest BCUT2D eigenvalue weighted by molar-refractivity contribution is 0.165. The Kier molecular flexibility index (Phi) is 5.44. The zero-order valence-electron chi connectivity index (χ0n) is 11.9. The molecule has 1 aliphatic heterocycles. The summed E-state index contributed by atoms with van der Waals surface area (Å²) in [6, 6.07) is 8.57. The van der Waals surface area contributed by atoms with Gasteiger partial charge in [-0.1, -0.05) is 37.3 Å². The van der Waals surface area contributed by atoms with Gasteiger partial charge in [-0.25, -0.2) is 0 Å². The van der Waals surface area contributed by atoms with Gasteiger partial charge in [-0.05, 0) is 43.0 Å². The molecule has 2 nitrogen and oxygen atoms in total. The van der Waals surface area contributed by atoms with Gasteiger partial charge in [0.05, 0.1) is 6.54 Å². The SMILES string of the molecule is CCC1CCCN(Cc2ccc(C#CCN)cc2)C1. The molecule has 0 bridgehead atoms. The highest BCUT2D eigenvalue weighted by molar-refractivity contribution is 5.36. The second-order valence-corrected chi connectivity index (χ2v) is 5.35. The third-order valence-corrected chi connectivity index (χ3v) is 3.88. The van der Waals surface area contributed by atoms with E-state index in [1.54, 1.807) is 0 Å². The van der Waals surface area contributed by atoms with Gasteiger partial charge >= 0.3 is 0 Å². The fraction of sp³-hybridized carbons (Fsp3) is 0.529. The van der Waals surface area contributed by atoms with Crippen molar-refractivity contribution in [2.24, 2.45) is 11.7 Å². The highest BCUT2D eigenvalue weighted by Gasteiger charge is 2.18. The summed E-state index contributed by atoms with van der Waals surface area (Å²) in [5.41, 5.74) is 7.82. The zero-order valence-corrected chi connectivity index (χ0v) is 11.9. The highest BCUT2D eigenvalue weighted by Crippen LogP contribution is 2.20. The second-order valence-electron chi connectivity index (χ2n) is 5.35. The molecule has 1 aromatic carbocycles. The van der Waals surface area contributed by atoms with Crippen LogP contribution in [-0.4, -0.2) is 24.5 Å². The van der Waals surface area contributed by atoms with Crippen LogP contribution in [0.15, 0.2) is 24.3 Å². The first-order valence-corrected chi connectivity index (χ1v) is 7.32. The average molecular weight is 256 g/mol. The van der Waals surface area contributed by atoms with Crippen molar-refractivity contribution >= 4 is 0 Å². The summed E-state index contributed by atoms with van der Waals surface area (Å²) in [5.74, 6) is 6.84. The summed E-state index contributed by atoms with van der Waals surface area (Å²) >= 11 is 0. The van der Waals surface area contributed by atoms with Crippen molar-refractivity contribution in [3.63, 3.8) is 0 Å². The Morgan fingerprint density at radius 3 is 2.79 bits per heavy atom. The predicted octanol–water partition coefficient (Wildman–Crippen LogP) is 2.62. The number of rotatable bonds is 3. The molecule has 1 unspecified atom stereocenters. The van der Waals surface area contributed by atoms with Gasteiger partial charge in [0.25, 0.3) is 0 Å². The van der Waals surface area contributed by atoms with Crippen molar-refractivity contribution in [2.75, 3.05) is 19.6 Å². The van der Waals surface area contributed by atoms with E-state index in [0.717, 1.165) is 18.0 Å². The third kappa shape index (κ3) is 4.38. The summed E-state index contributed by atoms with van der Waals surface area (Å²) in [4.78, 5) is 2.58. The molecule has 0 spiro atoms. The number of hydrogen-bond donors (Lipinski definition) is 1. The van der Waals surface area contributed by atoms with Crippen LogP contribution in [0.5, 0.6) is 0 Å². The van der Waals surface area contributed by atoms with E-state index in [4.69, 9.17) is 5.73 Å². The molecule has 1 heterocycles. The number of nitrogens with two attached hydrogens (primary N) is 1. The Morgan fingerprint density at radius 1 is 1.32 bits per heavy atom. The van der Waals surface area contributed by atoms with E-state index in [2.05, 4.69) is 47.9 Å². The third-order valence-electron chi connectivity index (χ3n) is 3.88. The van der Waals surface area contributed by atoms with Crippen molar-refractivity contribution in [3.05, 3.63) is 35.4 Å². The van der Waals surface area contributed by atoms with Crippen LogP contribution in [-0.2, 0) is 6.54 Å². The van der Waals surface area contributed by atoms with Crippen LogP contribution in [0.3, 0.4) is 0 Å². The van der Waals surface area contributed by atoms with Crippen molar-refractivity contribution in [1.29, 1.82) is 0 Å². The maximum atomic E-state index is 5.38. The molecule has 0 aliphatic carbocycles. The number of likely N-dealkylation sites (tertiary alicyclic amines) is 1. The summed E-state index contributed by atoms with van der Waals surface area (Å²) in [5, 5.41) is 0. The molecule has 2 N–H and O–H groups in total. The maximum Gasteiger partial charge on any atom is 0.0555 e. The van der Waals surface area contributed by atoms with Crippen molar-refractivity contribution in [1.82, 2.24) is 4.90 Å². The predicted molar refractivity (Wildman–Crippen MR) is 80.7 cm³/mol. The summed E-state index contributed by atoms with van der Waals surface area (Å²) < 4.78 is 0. The van der Waals surface area contributed by atoms with E-state index in [1.807, 2.05) is 0 Å². The molecule has 2 heteroatoms. The Labute approximate surface area is 117 Å². The van der Waals surface area contributed by atoms with Gasteiger partial charge in [-0.2, -0.15) is 0 Å². The van der Waals surface area contributed by atoms with Crippen LogP contribution in [0.25, 0.3) is 0 Å². The molecular weight excluding hydrogens is 232 g/mol. The molecule has 1 fully saturated rings. The topological polar surface area (TPSA) is 29.3 Å². The molecule has 19 heavy (non-hydrogen) atoms. The van der Waals surface area contributed by atoms with Crippen LogP contribution in [0.4, 0.5) is 0 Å². The second kappa shape index (κ2) is 7.33. The zero-order chi connectivity index (χ0) is 13.5. The number of nitrogens with zero attached hydrogens (tertiary/aromatic N) is 1. The van der Waals surface area contributed by atoms with Crippen molar-refractivity contribution in [3.8, 4) is 11.8 Å². The quantitative estimate of drug-likeness (QED) is 0.842. The Morgan fingerprint density at radius 2 is 2.11 bits per heavy atom. The van der Waals surface area contributed by atoms with Crippen LogP contribution < -0.4 is 5.73 Å². The molecule has 0 saturated carbocycles. The minimum Gasteiger partial charge on any atom is -0.320 e. The average Bonchev–Trinajstić information content (AvgIpc) is 2.47. The monoisotopic (exact) mass is 256 g/mol. The number of hydrogen-bond acceptors (Lipinski definition) is 2.